The molecule has 1 aromatic heterocycles. The number of hydrogen-bond donors (Lipinski definition) is 1. The molecule has 0 aliphatic heterocycles. The van der Waals surface area contributed by atoms with Gasteiger partial charge >= 0.3 is 0 Å². The zero-order chi connectivity index (χ0) is 20.3. The normalized spacial score (nSPS) is 10.9. The Bertz CT molecular complexity index is 1070. The molecule has 3 aromatic rings. The number of hydrogen-bond acceptors (Lipinski definition) is 3. The first kappa shape index (κ1) is 19.5. The second kappa shape index (κ2) is 8.21. The highest BCUT2D eigenvalue weighted by molar-refractivity contribution is 5.90. The molecule has 0 saturated heterocycles. The molecule has 0 radical (unpaired) electrons. The van der Waals surface area contributed by atoms with Crippen molar-refractivity contribution in [2.45, 2.75) is 40.2 Å². The molecule has 3 rings (SSSR count). The van der Waals surface area contributed by atoms with Crippen LogP contribution < -0.4 is 10.9 Å². The molecule has 0 spiro atoms. The predicted molar refractivity (Wildman–Crippen MR) is 113 cm³/mol. The molecule has 28 heavy (non-hydrogen) atoms. The van der Waals surface area contributed by atoms with Crippen LogP contribution in [0.5, 0.6) is 0 Å². The summed E-state index contributed by atoms with van der Waals surface area (Å²) in [5.41, 5.74) is 5.48. The molecule has 0 bridgehead atoms. The first-order valence-electron chi connectivity index (χ1n) is 9.39. The van der Waals surface area contributed by atoms with Gasteiger partial charge in [0.05, 0.1) is 5.69 Å². The molecule has 1 heterocycles. The van der Waals surface area contributed by atoms with Gasteiger partial charge in [-0.05, 0) is 60.7 Å². The van der Waals surface area contributed by atoms with Crippen LogP contribution in [-0.2, 0) is 11.3 Å². The summed E-state index contributed by atoms with van der Waals surface area (Å²) in [4.78, 5) is 24.6. The maximum atomic E-state index is 12.5. The Morgan fingerprint density at radius 3 is 2.54 bits per heavy atom. The number of nitrogens with zero attached hydrogens (tertiary/aromatic N) is 2. The summed E-state index contributed by atoms with van der Waals surface area (Å²) in [6, 6.07) is 16.9. The van der Waals surface area contributed by atoms with E-state index in [0.29, 0.717) is 11.6 Å². The van der Waals surface area contributed by atoms with Gasteiger partial charge in [-0.25, -0.2) is 4.68 Å². The molecule has 5 nitrogen and oxygen atoms in total. The lowest BCUT2D eigenvalue weighted by Gasteiger charge is -2.11. The van der Waals surface area contributed by atoms with Crippen LogP contribution in [0.15, 0.2) is 59.4 Å². The third kappa shape index (κ3) is 4.55. The summed E-state index contributed by atoms with van der Waals surface area (Å²) in [5.74, 6) is 0.0866. The molecule has 0 atom stereocenters. The monoisotopic (exact) mass is 375 g/mol. The molecule has 5 heteroatoms. The van der Waals surface area contributed by atoms with Gasteiger partial charge in [0.15, 0.2) is 0 Å². The van der Waals surface area contributed by atoms with Crippen LogP contribution in [0.2, 0.25) is 0 Å². The van der Waals surface area contributed by atoms with Crippen molar-refractivity contribution in [2.24, 2.45) is 0 Å². The smallest absolute Gasteiger partial charge is 0.267 e. The van der Waals surface area contributed by atoms with Crippen LogP contribution in [-0.4, -0.2) is 15.7 Å². The third-order valence-electron chi connectivity index (χ3n) is 4.80. The minimum Gasteiger partial charge on any atom is -0.324 e. The lowest BCUT2D eigenvalue weighted by atomic mass is 10.0. The summed E-state index contributed by atoms with van der Waals surface area (Å²) >= 11 is 0. The van der Waals surface area contributed by atoms with E-state index in [0.717, 1.165) is 22.4 Å². The van der Waals surface area contributed by atoms with Crippen LogP contribution in [0, 0.1) is 13.8 Å². The van der Waals surface area contributed by atoms with E-state index < -0.39 is 0 Å². The van der Waals surface area contributed by atoms with Gasteiger partial charge in [-0.3, -0.25) is 9.59 Å². The Hall–Kier alpha value is -3.21. The molecular formula is C23H25N3O2. The zero-order valence-corrected chi connectivity index (χ0v) is 16.7. The number of anilines is 1. The van der Waals surface area contributed by atoms with E-state index in [1.165, 1.54) is 16.3 Å². The molecule has 144 valence electrons. The number of nitrogens with one attached hydrogen (secondary N) is 1. The molecule has 0 aliphatic carbocycles. The van der Waals surface area contributed by atoms with Crippen molar-refractivity contribution in [3.8, 4) is 11.3 Å². The average Bonchev–Trinajstić information content (AvgIpc) is 2.66. The van der Waals surface area contributed by atoms with Crippen molar-refractivity contribution in [3.05, 3.63) is 81.6 Å². The SMILES string of the molecule is Cc1ccc(-c2ccc(=O)n(CC(=O)Nc3cccc(C(C)C)c3)n2)cc1C. The molecule has 0 aliphatic rings. The Morgan fingerprint density at radius 1 is 1.04 bits per heavy atom. The van der Waals surface area contributed by atoms with Crippen molar-refractivity contribution in [2.75, 3.05) is 5.32 Å². The van der Waals surface area contributed by atoms with Gasteiger partial charge in [0.2, 0.25) is 5.91 Å². The van der Waals surface area contributed by atoms with Gasteiger partial charge in [-0.2, -0.15) is 5.10 Å². The van der Waals surface area contributed by atoms with Gasteiger partial charge in [0.25, 0.3) is 5.56 Å². The second-order valence-electron chi connectivity index (χ2n) is 7.34. The van der Waals surface area contributed by atoms with Crippen molar-refractivity contribution in [1.29, 1.82) is 0 Å². The van der Waals surface area contributed by atoms with Gasteiger partial charge < -0.3 is 5.32 Å². The highest BCUT2D eigenvalue weighted by Crippen LogP contribution is 2.20. The largest absolute Gasteiger partial charge is 0.324 e. The summed E-state index contributed by atoms with van der Waals surface area (Å²) in [5, 5.41) is 7.23. The highest BCUT2D eigenvalue weighted by Gasteiger charge is 2.10. The molecule has 2 aromatic carbocycles. The minimum absolute atomic E-state index is 0.135. The first-order valence-corrected chi connectivity index (χ1v) is 9.39. The Labute approximate surface area is 165 Å². The maximum Gasteiger partial charge on any atom is 0.267 e. The number of carbonyl (C=O) groups excluding carboxylic acids is 1. The number of aryl methyl sites for hydroxylation is 2. The first-order chi connectivity index (χ1) is 13.3. The fourth-order valence-electron chi connectivity index (χ4n) is 2.93. The molecule has 1 amide bonds. The van der Waals surface area contributed by atoms with Crippen LogP contribution in [0.1, 0.15) is 36.5 Å². The van der Waals surface area contributed by atoms with Crippen molar-refractivity contribution in [3.63, 3.8) is 0 Å². The van der Waals surface area contributed by atoms with E-state index in [-0.39, 0.29) is 18.0 Å². The van der Waals surface area contributed by atoms with Crippen molar-refractivity contribution in [1.82, 2.24) is 9.78 Å². The number of aromatic nitrogens is 2. The van der Waals surface area contributed by atoms with Gasteiger partial charge in [0, 0.05) is 17.3 Å². The van der Waals surface area contributed by atoms with Crippen LogP contribution in [0.3, 0.4) is 0 Å². The quantitative estimate of drug-likeness (QED) is 0.723. The lowest BCUT2D eigenvalue weighted by Crippen LogP contribution is -2.29. The second-order valence-corrected chi connectivity index (χ2v) is 7.34. The predicted octanol–water partition coefficient (Wildman–Crippen LogP) is 4.29. The van der Waals surface area contributed by atoms with Crippen LogP contribution in [0.4, 0.5) is 5.69 Å². The third-order valence-corrected chi connectivity index (χ3v) is 4.80. The fourth-order valence-corrected chi connectivity index (χ4v) is 2.93. The van der Waals surface area contributed by atoms with Gasteiger partial charge in [-0.15, -0.1) is 0 Å². The van der Waals surface area contributed by atoms with E-state index in [4.69, 9.17) is 0 Å². The van der Waals surface area contributed by atoms with Crippen LogP contribution in [0.25, 0.3) is 11.3 Å². The summed E-state index contributed by atoms with van der Waals surface area (Å²) in [6.07, 6.45) is 0. The van der Waals surface area contributed by atoms with Crippen LogP contribution >= 0.6 is 0 Å². The van der Waals surface area contributed by atoms with Gasteiger partial charge in [-0.1, -0.05) is 38.1 Å². The Balaban J connectivity index is 1.80. The average molecular weight is 375 g/mol. The lowest BCUT2D eigenvalue weighted by molar-refractivity contribution is -0.117. The number of carbonyl (C=O) groups is 1. The maximum absolute atomic E-state index is 12.5. The van der Waals surface area contributed by atoms with E-state index >= 15 is 0 Å². The topological polar surface area (TPSA) is 64.0 Å². The molecule has 0 unspecified atom stereocenters. The number of benzene rings is 2. The van der Waals surface area contributed by atoms with E-state index in [2.05, 4.69) is 24.3 Å². The molecular weight excluding hydrogens is 350 g/mol. The Morgan fingerprint density at radius 2 is 1.82 bits per heavy atom. The van der Waals surface area contributed by atoms with E-state index in [1.54, 1.807) is 6.07 Å². The highest BCUT2D eigenvalue weighted by atomic mass is 16.2. The zero-order valence-electron chi connectivity index (χ0n) is 16.7. The number of rotatable bonds is 5. The number of amides is 1. The van der Waals surface area contributed by atoms with Gasteiger partial charge in [0.1, 0.15) is 6.54 Å². The van der Waals surface area contributed by atoms with Crippen molar-refractivity contribution >= 4 is 11.6 Å². The molecule has 0 saturated carbocycles. The van der Waals surface area contributed by atoms with Crippen molar-refractivity contribution < 1.29 is 4.79 Å². The Kier molecular flexibility index (Phi) is 5.73. The molecule has 1 N–H and O–H groups in total. The standard InChI is InChI=1S/C23H25N3O2/c1-15(2)18-6-5-7-20(13-18)24-22(27)14-26-23(28)11-10-21(25-26)19-9-8-16(3)17(4)12-19/h5-13,15H,14H2,1-4H3,(H,24,27). The summed E-state index contributed by atoms with van der Waals surface area (Å²) < 4.78 is 1.20. The molecule has 0 fully saturated rings. The summed E-state index contributed by atoms with van der Waals surface area (Å²) in [6.45, 7) is 8.15. The van der Waals surface area contributed by atoms with E-state index in [1.807, 2.05) is 56.3 Å². The van der Waals surface area contributed by atoms with E-state index in [9.17, 15) is 9.59 Å². The minimum atomic E-state index is -0.307. The fraction of sp³-hybridized carbons (Fsp3) is 0.261. The summed E-state index contributed by atoms with van der Waals surface area (Å²) in [7, 11) is 0.